The molecule has 0 amide bonds. The summed E-state index contributed by atoms with van der Waals surface area (Å²) in [6.07, 6.45) is 2.15. The van der Waals surface area contributed by atoms with Gasteiger partial charge in [0.25, 0.3) is 0 Å². The van der Waals surface area contributed by atoms with Crippen LogP contribution in [0.3, 0.4) is 0 Å². The fourth-order valence-corrected chi connectivity index (χ4v) is 2.18. The van der Waals surface area contributed by atoms with Gasteiger partial charge in [-0.15, -0.1) is 0 Å². The van der Waals surface area contributed by atoms with Crippen LogP contribution in [0.5, 0.6) is 0 Å². The third kappa shape index (κ3) is 2.82. The lowest BCUT2D eigenvalue weighted by atomic mass is 9.92. The zero-order chi connectivity index (χ0) is 10.6. The zero-order valence-electron chi connectivity index (χ0n) is 8.89. The average molecular weight is 256 g/mol. The third-order valence-corrected chi connectivity index (χ3v) is 3.11. The van der Waals surface area contributed by atoms with Gasteiger partial charge in [0.05, 0.1) is 0 Å². The smallest absolute Gasteiger partial charge is 0.0178 e. The average Bonchev–Trinajstić information content (AvgIpc) is 2.17. The van der Waals surface area contributed by atoms with Crippen molar-refractivity contribution in [1.82, 2.24) is 0 Å². The van der Waals surface area contributed by atoms with Crippen LogP contribution in [0, 0.1) is 0 Å². The van der Waals surface area contributed by atoms with Gasteiger partial charge in [-0.1, -0.05) is 35.8 Å². The summed E-state index contributed by atoms with van der Waals surface area (Å²) in [6.45, 7) is 5.20. The fourth-order valence-electron chi connectivity index (χ4n) is 1.77. The van der Waals surface area contributed by atoms with Crippen LogP contribution in [-0.2, 0) is 6.42 Å². The number of aryl methyl sites for hydroxylation is 1. The Kier molecular flexibility index (Phi) is 4.63. The van der Waals surface area contributed by atoms with E-state index in [1.807, 2.05) is 0 Å². The molecule has 0 radical (unpaired) electrons. The maximum Gasteiger partial charge on any atom is 0.0178 e. The first-order chi connectivity index (χ1) is 6.69. The highest BCUT2D eigenvalue weighted by molar-refractivity contribution is 9.10. The first kappa shape index (κ1) is 11.7. The lowest BCUT2D eigenvalue weighted by molar-refractivity contribution is 0.683. The third-order valence-electron chi connectivity index (χ3n) is 2.62. The molecule has 0 spiro atoms. The summed E-state index contributed by atoms with van der Waals surface area (Å²) in [5.74, 6) is 0.572. The Labute approximate surface area is 94.8 Å². The summed E-state index contributed by atoms with van der Waals surface area (Å²) in [4.78, 5) is 0. The summed E-state index contributed by atoms with van der Waals surface area (Å²) in [7, 11) is 0. The minimum atomic E-state index is 0.572. The molecule has 0 aliphatic carbocycles. The molecule has 2 heteroatoms. The first-order valence-electron chi connectivity index (χ1n) is 5.17. The molecule has 14 heavy (non-hydrogen) atoms. The van der Waals surface area contributed by atoms with Crippen molar-refractivity contribution in [2.24, 2.45) is 5.73 Å². The zero-order valence-corrected chi connectivity index (χ0v) is 10.5. The molecular formula is C12H18BrN. The molecule has 1 unspecified atom stereocenters. The van der Waals surface area contributed by atoms with Crippen molar-refractivity contribution >= 4 is 15.9 Å². The van der Waals surface area contributed by atoms with Gasteiger partial charge < -0.3 is 5.73 Å². The monoisotopic (exact) mass is 255 g/mol. The van der Waals surface area contributed by atoms with Gasteiger partial charge in [0.1, 0.15) is 0 Å². The van der Waals surface area contributed by atoms with E-state index < -0.39 is 0 Å². The lowest BCUT2D eigenvalue weighted by Gasteiger charge is -2.15. The number of hydrogen-bond acceptors (Lipinski definition) is 1. The van der Waals surface area contributed by atoms with E-state index in [2.05, 4.69) is 48.0 Å². The Hall–Kier alpha value is -0.340. The molecule has 0 heterocycles. The minimum Gasteiger partial charge on any atom is -0.330 e. The number of nitrogens with two attached hydrogens (primary N) is 1. The Bertz CT molecular complexity index is 296. The second kappa shape index (κ2) is 5.52. The summed E-state index contributed by atoms with van der Waals surface area (Å²) in [5, 5.41) is 0. The van der Waals surface area contributed by atoms with Crippen LogP contribution in [-0.4, -0.2) is 6.54 Å². The van der Waals surface area contributed by atoms with Crippen LogP contribution in [0.25, 0.3) is 0 Å². The SMILES string of the molecule is CCc1cc(Br)ccc1C(C)CCN. The Morgan fingerprint density at radius 3 is 2.71 bits per heavy atom. The Morgan fingerprint density at radius 2 is 2.14 bits per heavy atom. The van der Waals surface area contributed by atoms with Gasteiger partial charge in [-0.2, -0.15) is 0 Å². The van der Waals surface area contributed by atoms with Gasteiger partial charge in [-0.05, 0) is 48.6 Å². The maximum absolute atomic E-state index is 5.58. The van der Waals surface area contributed by atoms with Crippen molar-refractivity contribution in [1.29, 1.82) is 0 Å². The highest BCUT2D eigenvalue weighted by atomic mass is 79.9. The number of hydrogen-bond donors (Lipinski definition) is 1. The maximum atomic E-state index is 5.58. The predicted octanol–water partition coefficient (Wildman–Crippen LogP) is 3.46. The summed E-state index contributed by atoms with van der Waals surface area (Å²) < 4.78 is 1.16. The Morgan fingerprint density at radius 1 is 1.43 bits per heavy atom. The molecular weight excluding hydrogens is 238 g/mol. The van der Waals surface area contributed by atoms with E-state index in [0.29, 0.717) is 5.92 Å². The van der Waals surface area contributed by atoms with E-state index in [1.165, 1.54) is 11.1 Å². The summed E-state index contributed by atoms with van der Waals surface area (Å²) in [5.41, 5.74) is 8.46. The molecule has 2 N–H and O–H groups in total. The first-order valence-corrected chi connectivity index (χ1v) is 5.96. The Balaban J connectivity index is 2.95. The topological polar surface area (TPSA) is 26.0 Å². The second-order valence-electron chi connectivity index (χ2n) is 3.68. The molecule has 1 aromatic rings. The molecule has 0 bridgehead atoms. The molecule has 1 atom stereocenters. The molecule has 0 aliphatic heterocycles. The largest absolute Gasteiger partial charge is 0.330 e. The molecule has 0 aliphatic rings. The van der Waals surface area contributed by atoms with Gasteiger partial charge in [0, 0.05) is 4.47 Å². The van der Waals surface area contributed by atoms with Crippen molar-refractivity contribution in [3.8, 4) is 0 Å². The van der Waals surface area contributed by atoms with E-state index >= 15 is 0 Å². The van der Waals surface area contributed by atoms with Gasteiger partial charge in [0.15, 0.2) is 0 Å². The molecule has 1 nitrogen and oxygen atoms in total. The quantitative estimate of drug-likeness (QED) is 0.877. The van der Waals surface area contributed by atoms with Gasteiger partial charge >= 0.3 is 0 Å². The fraction of sp³-hybridized carbons (Fsp3) is 0.500. The van der Waals surface area contributed by atoms with Crippen LogP contribution in [0.15, 0.2) is 22.7 Å². The molecule has 0 saturated carbocycles. The van der Waals surface area contributed by atoms with E-state index in [-0.39, 0.29) is 0 Å². The van der Waals surface area contributed by atoms with E-state index in [9.17, 15) is 0 Å². The van der Waals surface area contributed by atoms with Gasteiger partial charge in [-0.3, -0.25) is 0 Å². The molecule has 0 fully saturated rings. The van der Waals surface area contributed by atoms with E-state index in [0.717, 1.165) is 23.9 Å². The standard InChI is InChI=1S/C12H18BrN/c1-3-10-8-11(13)4-5-12(10)9(2)6-7-14/h4-5,8-9H,3,6-7,14H2,1-2H3. The van der Waals surface area contributed by atoms with Crippen molar-refractivity contribution in [2.75, 3.05) is 6.54 Å². The van der Waals surface area contributed by atoms with E-state index in [1.54, 1.807) is 0 Å². The molecule has 0 aromatic heterocycles. The van der Waals surface area contributed by atoms with Crippen molar-refractivity contribution in [3.63, 3.8) is 0 Å². The number of halogens is 1. The molecule has 78 valence electrons. The molecule has 0 saturated heterocycles. The van der Waals surface area contributed by atoms with Crippen LogP contribution >= 0.6 is 15.9 Å². The highest BCUT2D eigenvalue weighted by Crippen LogP contribution is 2.25. The minimum absolute atomic E-state index is 0.572. The van der Waals surface area contributed by atoms with Gasteiger partial charge in [-0.25, -0.2) is 0 Å². The number of rotatable bonds is 4. The van der Waals surface area contributed by atoms with Crippen LogP contribution in [0.1, 0.15) is 37.3 Å². The summed E-state index contributed by atoms with van der Waals surface area (Å²) in [6, 6.07) is 6.53. The summed E-state index contributed by atoms with van der Waals surface area (Å²) >= 11 is 3.50. The van der Waals surface area contributed by atoms with Gasteiger partial charge in [0.2, 0.25) is 0 Å². The van der Waals surface area contributed by atoms with Crippen LogP contribution in [0.2, 0.25) is 0 Å². The lowest BCUT2D eigenvalue weighted by Crippen LogP contribution is -2.06. The number of benzene rings is 1. The second-order valence-corrected chi connectivity index (χ2v) is 4.59. The molecule has 1 rings (SSSR count). The van der Waals surface area contributed by atoms with Crippen molar-refractivity contribution < 1.29 is 0 Å². The van der Waals surface area contributed by atoms with Crippen molar-refractivity contribution in [2.45, 2.75) is 32.6 Å². The normalized spacial score (nSPS) is 12.9. The van der Waals surface area contributed by atoms with Crippen molar-refractivity contribution in [3.05, 3.63) is 33.8 Å². The van der Waals surface area contributed by atoms with Crippen LogP contribution < -0.4 is 5.73 Å². The van der Waals surface area contributed by atoms with Crippen LogP contribution in [0.4, 0.5) is 0 Å². The van der Waals surface area contributed by atoms with E-state index in [4.69, 9.17) is 5.73 Å². The highest BCUT2D eigenvalue weighted by Gasteiger charge is 2.08. The molecule has 1 aromatic carbocycles. The predicted molar refractivity (Wildman–Crippen MR) is 65.6 cm³/mol.